The van der Waals surface area contributed by atoms with Crippen molar-refractivity contribution in [3.8, 4) is 0 Å². The molecular formula is C13H19NO3S. The third kappa shape index (κ3) is 2.91. The number of β-amino-alcohol motifs (C(OH)–C–C–N with tert-alkyl or cyclic N) is 1. The van der Waals surface area contributed by atoms with Crippen LogP contribution >= 0.6 is 0 Å². The van der Waals surface area contributed by atoms with E-state index in [0.717, 1.165) is 5.56 Å². The van der Waals surface area contributed by atoms with Crippen LogP contribution in [0.5, 0.6) is 0 Å². The maximum Gasteiger partial charge on any atom is 0.214 e. The van der Waals surface area contributed by atoms with Crippen LogP contribution in [0.25, 0.3) is 0 Å². The molecule has 1 aliphatic heterocycles. The Morgan fingerprint density at radius 3 is 2.44 bits per heavy atom. The Balaban J connectivity index is 1.90. The standard InChI is InChI=1S/C13H19NO3S/c1-2-13(15)10-14(11-13)18(16,17)9-8-12-6-4-3-5-7-12/h3-7,15H,2,8-11H2,1H3. The molecule has 1 saturated heterocycles. The Bertz CT molecular complexity index is 492. The first-order chi connectivity index (χ1) is 8.45. The van der Waals surface area contributed by atoms with Crippen molar-refractivity contribution in [2.24, 2.45) is 0 Å². The summed E-state index contributed by atoms with van der Waals surface area (Å²) < 4.78 is 25.4. The van der Waals surface area contributed by atoms with Gasteiger partial charge >= 0.3 is 0 Å². The molecule has 0 aliphatic carbocycles. The number of benzene rings is 1. The van der Waals surface area contributed by atoms with Crippen LogP contribution in [0.4, 0.5) is 0 Å². The van der Waals surface area contributed by atoms with Gasteiger partial charge in [0, 0.05) is 13.1 Å². The molecule has 0 spiro atoms. The Morgan fingerprint density at radius 2 is 1.89 bits per heavy atom. The summed E-state index contributed by atoms with van der Waals surface area (Å²) in [4.78, 5) is 0. The van der Waals surface area contributed by atoms with Crippen molar-refractivity contribution in [1.29, 1.82) is 0 Å². The van der Waals surface area contributed by atoms with E-state index in [-0.39, 0.29) is 18.8 Å². The number of nitrogens with zero attached hydrogens (tertiary/aromatic N) is 1. The molecule has 1 fully saturated rings. The molecule has 0 amide bonds. The third-order valence-electron chi connectivity index (χ3n) is 3.48. The summed E-state index contributed by atoms with van der Waals surface area (Å²) in [5, 5.41) is 9.83. The van der Waals surface area contributed by atoms with Crippen LogP contribution in [0.3, 0.4) is 0 Å². The molecule has 2 rings (SSSR count). The van der Waals surface area contributed by atoms with Gasteiger partial charge in [0.2, 0.25) is 10.0 Å². The highest BCUT2D eigenvalue weighted by atomic mass is 32.2. The quantitative estimate of drug-likeness (QED) is 0.868. The molecule has 1 aliphatic rings. The van der Waals surface area contributed by atoms with Crippen molar-refractivity contribution in [3.63, 3.8) is 0 Å². The summed E-state index contributed by atoms with van der Waals surface area (Å²) in [6.07, 6.45) is 1.11. The van der Waals surface area contributed by atoms with Gasteiger partial charge in [0.05, 0.1) is 11.4 Å². The smallest absolute Gasteiger partial charge is 0.214 e. The topological polar surface area (TPSA) is 57.6 Å². The van der Waals surface area contributed by atoms with Crippen LogP contribution in [0.15, 0.2) is 30.3 Å². The number of hydrogen-bond donors (Lipinski definition) is 1. The van der Waals surface area contributed by atoms with E-state index in [0.29, 0.717) is 12.8 Å². The molecule has 18 heavy (non-hydrogen) atoms. The van der Waals surface area contributed by atoms with E-state index in [9.17, 15) is 13.5 Å². The van der Waals surface area contributed by atoms with Crippen molar-refractivity contribution >= 4 is 10.0 Å². The van der Waals surface area contributed by atoms with Gasteiger partial charge in [-0.1, -0.05) is 37.3 Å². The van der Waals surface area contributed by atoms with Crippen molar-refractivity contribution in [1.82, 2.24) is 4.31 Å². The zero-order chi connectivity index (χ0) is 13.2. The second-order valence-electron chi connectivity index (χ2n) is 4.90. The summed E-state index contributed by atoms with van der Waals surface area (Å²) >= 11 is 0. The fourth-order valence-corrected chi connectivity index (χ4v) is 3.68. The summed E-state index contributed by atoms with van der Waals surface area (Å²) in [5.74, 6) is 0.108. The molecule has 4 nitrogen and oxygen atoms in total. The van der Waals surface area contributed by atoms with E-state index in [2.05, 4.69) is 0 Å². The predicted molar refractivity (Wildman–Crippen MR) is 70.7 cm³/mol. The van der Waals surface area contributed by atoms with Crippen LogP contribution in [0.2, 0.25) is 0 Å². The average molecular weight is 269 g/mol. The zero-order valence-corrected chi connectivity index (χ0v) is 11.4. The van der Waals surface area contributed by atoms with Crippen molar-refractivity contribution in [2.75, 3.05) is 18.8 Å². The second-order valence-corrected chi connectivity index (χ2v) is 6.99. The molecule has 0 atom stereocenters. The molecule has 1 aromatic rings. The molecule has 1 heterocycles. The molecule has 0 aromatic heterocycles. The van der Waals surface area contributed by atoms with E-state index in [1.807, 2.05) is 37.3 Å². The highest BCUT2D eigenvalue weighted by molar-refractivity contribution is 7.89. The largest absolute Gasteiger partial charge is 0.387 e. The van der Waals surface area contributed by atoms with E-state index in [4.69, 9.17) is 0 Å². The molecule has 0 radical (unpaired) electrons. The van der Waals surface area contributed by atoms with Crippen LogP contribution in [-0.2, 0) is 16.4 Å². The van der Waals surface area contributed by atoms with Gasteiger partial charge < -0.3 is 5.11 Å². The fourth-order valence-electron chi connectivity index (χ4n) is 2.05. The van der Waals surface area contributed by atoms with Gasteiger partial charge in [-0.3, -0.25) is 0 Å². The highest BCUT2D eigenvalue weighted by Crippen LogP contribution is 2.27. The van der Waals surface area contributed by atoms with E-state index in [1.165, 1.54) is 4.31 Å². The van der Waals surface area contributed by atoms with Gasteiger partial charge in [0.1, 0.15) is 0 Å². The monoisotopic (exact) mass is 269 g/mol. The molecule has 1 aromatic carbocycles. The number of hydrogen-bond acceptors (Lipinski definition) is 3. The van der Waals surface area contributed by atoms with E-state index in [1.54, 1.807) is 0 Å². The van der Waals surface area contributed by atoms with E-state index >= 15 is 0 Å². The third-order valence-corrected chi connectivity index (χ3v) is 5.25. The maximum atomic E-state index is 12.0. The first-order valence-electron chi connectivity index (χ1n) is 6.19. The number of aliphatic hydroxyl groups is 1. The Labute approximate surface area is 108 Å². The Morgan fingerprint density at radius 1 is 1.28 bits per heavy atom. The first kappa shape index (κ1) is 13.5. The van der Waals surface area contributed by atoms with Crippen LogP contribution in [-0.4, -0.2) is 42.3 Å². The van der Waals surface area contributed by atoms with E-state index < -0.39 is 15.6 Å². The van der Waals surface area contributed by atoms with Crippen LogP contribution < -0.4 is 0 Å². The minimum Gasteiger partial charge on any atom is -0.387 e. The Hall–Kier alpha value is -0.910. The molecule has 5 heteroatoms. The van der Waals surface area contributed by atoms with Gasteiger partial charge in [0.15, 0.2) is 0 Å². The zero-order valence-electron chi connectivity index (χ0n) is 10.5. The second kappa shape index (κ2) is 4.99. The molecular weight excluding hydrogens is 250 g/mol. The lowest BCUT2D eigenvalue weighted by Gasteiger charge is -2.44. The Kier molecular flexibility index (Phi) is 3.75. The van der Waals surface area contributed by atoms with Gasteiger partial charge in [-0.25, -0.2) is 8.42 Å². The molecule has 0 saturated carbocycles. The first-order valence-corrected chi connectivity index (χ1v) is 7.80. The highest BCUT2D eigenvalue weighted by Gasteiger charge is 2.45. The molecule has 1 N–H and O–H groups in total. The van der Waals surface area contributed by atoms with Gasteiger partial charge in [0.25, 0.3) is 0 Å². The minimum absolute atomic E-state index is 0.108. The molecule has 0 unspecified atom stereocenters. The summed E-state index contributed by atoms with van der Waals surface area (Å²) in [6, 6.07) is 9.57. The van der Waals surface area contributed by atoms with Gasteiger partial charge in [-0.15, -0.1) is 0 Å². The summed E-state index contributed by atoms with van der Waals surface area (Å²) in [7, 11) is -3.23. The van der Waals surface area contributed by atoms with Crippen molar-refractivity contribution in [3.05, 3.63) is 35.9 Å². The normalized spacial score (nSPS) is 19.4. The average Bonchev–Trinajstić information content (AvgIpc) is 2.34. The number of aryl methyl sites for hydroxylation is 1. The SMILES string of the molecule is CCC1(O)CN(S(=O)(=O)CCc2ccccc2)C1. The lowest BCUT2D eigenvalue weighted by molar-refractivity contribution is -0.0613. The fraction of sp³-hybridized carbons (Fsp3) is 0.538. The van der Waals surface area contributed by atoms with Crippen molar-refractivity contribution in [2.45, 2.75) is 25.4 Å². The van der Waals surface area contributed by atoms with Crippen molar-refractivity contribution < 1.29 is 13.5 Å². The number of sulfonamides is 1. The lowest BCUT2D eigenvalue weighted by atomic mass is 9.94. The summed E-state index contributed by atoms with van der Waals surface area (Å²) in [5.41, 5.74) is 0.215. The number of rotatable bonds is 5. The van der Waals surface area contributed by atoms with Crippen LogP contribution in [0.1, 0.15) is 18.9 Å². The van der Waals surface area contributed by atoms with Gasteiger partial charge in [-0.05, 0) is 18.4 Å². The molecule has 0 bridgehead atoms. The van der Waals surface area contributed by atoms with Gasteiger partial charge in [-0.2, -0.15) is 4.31 Å². The molecule has 100 valence electrons. The minimum atomic E-state index is -3.23. The lowest BCUT2D eigenvalue weighted by Crippen LogP contribution is -2.63. The van der Waals surface area contributed by atoms with Crippen LogP contribution in [0, 0.1) is 0 Å². The predicted octanol–water partition coefficient (Wildman–Crippen LogP) is 1.02. The maximum absolute atomic E-state index is 12.0. The summed E-state index contributed by atoms with van der Waals surface area (Å²) in [6.45, 7) is 2.34.